The van der Waals surface area contributed by atoms with E-state index < -0.39 is 0 Å². The van der Waals surface area contributed by atoms with Crippen LogP contribution in [0, 0.1) is 5.92 Å². The van der Waals surface area contributed by atoms with E-state index in [-0.39, 0.29) is 0 Å². The average molecular weight is 311 g/mol. The molecule has 0 amide bonds. The molecule has 0 saturated carbocycles. The van der Waals surface area contributed by atoms with Crippen LogP contribution in [0.3, 0.4) is 0 Å². The molecule has 2 rings (SSSR count). The molecule has 4 nitrogen and oxygen atoms in total. The first-order valence-corrected chi connectivity index (χ1v) is 9.37. The van der Waals surface area contributed by atoms with E-state index in [1.807, 2.05) is 29.7 Å². The zero-order valence-electron chi connectivity index (χ0n) is 14.0. The number of hydrogen-bond acceptors (Lipinski definition) is 4. The van der Waals surface area contributed by atoms with Crippen molar-refractivity contribution >= 4 is 11.8 Å². The Balaban J connectivity index is 1.98. The maximum atomic E-state index is 4.37. The van der Waals surface area contributed by atoms with Gasteiger partial charge in [0.1, 0.15) is 0 Å². The first-order chi connectivity index (χ1) is 10.1. The van der Waals surface area contributed by atoms with Gasteiger partial charge in [-0.15, -0.1) is 0 Å². The van der Waals surface area contributed by atoms with E-state index in [0.717, 1.165) is 0 Å². The van der Waals surface area contributed by atoms with Gasteiger partial charge in [0.2, 0.25) is 0 Å². The van der Waals surface area contributed by atoms with Gasteiger partial charge in [-0.1, -0.05) is 0 Å². The number of piperidine rings is 1. The second kappa shape index (κ2) is 8.20. The largest absolute Gasteiger partial charge is 0.306 e. The van der Waals surface area contributed by atoms with Crippen molar-refractivity contribution in [3.63, 3.8) is 0 Å². The molecule has 21 heavy (non-hydrogen) atoms. The Morgan fingerprint density at radius 3 is 2.90 bits per heavy atom. The van der Waals surface area contributed by atoms with E-state index in [0.29, 0.717) is 12.0 Å². The minimum atomic E-state index is 0.524. The van der Waals surface area contributed by atoms with Crippen LogP contribution in [0.15, 0.2) is 12.4 Å². The van der Waals surface area contributed by atoms with Crippen LogP contribution >= 0.6 is 11.8 Å². The molecule has 1 fully saturated rings. The molecule has 1 aliphatic heterocycles. The van der Waals surface area contributed by atoms with Gasteiger partial charge in [0.25, 0.3) is 0 Å². The summed E-state index contributed by atoms with van der Waals surface area (Å²) in [6.45, 7) is 3.60. The van der Waals surface area contributed by atoms with Crippen molar-refractivity contribution in [2.75, 3.05) is 45.7 Å². The third kappa shape index (κ3) is 4.73. The van der Waals surface area contributed by atoms with E-state index in [2.05, 4.69) is 41.4 Å². The molecule has 0 bridgehead atoms. The van der Waals surface area contributed by atoms with Crippen molar-refractivity contribution in [1.82, 2.24) is 19.6 Å². The predicted molar refractivity (Wildman–Crippen MR) is 91.8 cm³/mol. The van der Waals surface area contributed by atoms with Gasteiger partial charge in [-0.3, -0.25) is 9.58 Å². The molecule has 1 aromatic rings. The number of nitrogens with zero attached hydrogens (tertiary/aromatic N) is 4. The first-order valence-electron chi connectivity index (χ1n) is 7.98. The summed E-state index contributed by atoms with van der Waals surface area (Å²) in [4.78, 5) is 5.03. The minimum Gasteiger partial charge on any atom is -0.306 e. The van der Waals surface area contributed by atoms with Crippen LogP contribution in [-0.4, -0.2) is 65.3 Å². The number of rotatable bonds is 7. The van der Waals surface area contributed by atoms with E-state index >= 15 is 0 Å². The number of likely N-dealkylation sites (tertiary alicyclic amines) is 1. The fourth-order valence-electron chi connectivity index (χ4n) is 3.54. The van der Waals surface area contributed by atoms with Crippen molar-refractivity contribution < 1.29 is 0 Å². The number of aryl methyl sites for hydroxylation is 1. The molecule has 5 heteroatoms. The number of thioether (sulfide) groups is 1. The van der Waals surface area contributed by atoms with Crippen molar-refractivity contribution in [2.45, 2.75) is 25.3 Å². The summed E-state index contributed by atoms with van der Waals surface area (Å²) in [6, 6.07) is 0.524. The average Bonchev–Trinajstić information content (AvgIpc) is 2.85. The van der Waals surface area contributed by atoms with Crippen LogP contribution in [0.2, 0.25) is 0 Å². The van der Waals surface area contributed by atoms with Gasteiger partial charge in [0, 0.05) is 31.4 Å². The Kier molecular flexibility index (Phi) is 6.58. The maximum absolute atomic E-state index is 4.37. The molecule has 1 aliphatic rings. The van der Waals surface area contributed by atoms with Crippen LogP contribution in [0.25, 0.3) is 0 Å². The van der Waals surface area contributed by atoms with Crippen molar-refractivity contribution in [3.8, 4) is 0 Å². The smallest absolute Gasteiger partial charge is 0.0537 e. The maximum Gasteiger partial charge on any atom is 0.0537 e. The predicted octanol–water partition coefficient (Wildman–Crippen LogP) is 2.49. The second-order valence-electron chi connectivity index (χ2n) is 6.38. The summed E-state index contributed by atoms with van der Waals surface area (Å²) < 4.78 is 1.93. The standard InChI is InChI=1S/C16H30N4S/c1-18(8-6-10-21-4)12-14-7-5-9-19(2)16(14)15-11-17-20(3)13-15/h11,13-14,16H,5-10,12H2,1-4H3/t14-,16+/m0/s1. The molecule has 0 unspecified atom stereocenters. The van der Waals surface area contributed by atoms with Crippen molar-refractivity contribution in [3.05, 3.63) is 18.0 Å². The lowest BCUT2D eigenvalue weighted by atomic mass is 9.86. The molecule has 0 aliphatic carbocycles. The highest BCUT2D eigenvalue weighted by molar-refractivity contribution is 7.98. The summed E-state index contributed by atoms with van der Waals surface area (Å²) in [5.74, 6) is 1.98. The SMILES string of the molecule is CSCCCN(C)C[C@@H]1CCCN(C)[C@H]1c1cnn(C)c1. The van der Waals surface area contributed by atoms with Crippen molar-refractivity contribution in [1.29, 1.82) is 0 Å². The highest BCUT2D eigenvalue weighted by Gasteiger charge is 2.31. The van der Waals surface area contributed by atoms with Gasteiger partial charge in [-0.05, 0) is 64.4 Å². The fraction of sp³-hybridized carbons (Fsp3) is 0.812. The third-order valence-corrected chi connectivity index (χ3v) is 5.20. The fourth-order valence-corrected chi connectivity index (χ4v) is 3.96. The zero-order valence-corrected chi connectivity index (χ0v) is 14.8. The molecule has 0 radical (unpaired) electrons. The second-order valence-corrected chi connectivity index (χ2v) is 7.37. The van der Waals surface area contributed by atoms with Gasteiger partial charge < -0.3 is 4.90 Å². The highest BCUT2D eigenvalue weighted by Crippen LogP contribution is 2.35. The van der Waals surface area contributed by atoms with Crippen LogP contribution in [-0.2, 0) is 7.05 Å². The van der Waals surface area contributed by atoms with E-state index in [9.17, 15) is 0 Å². The Labute approximate surface area is 133 Å². The molecule has 120 valence electrons. The lowest BCUT2D eigenvalue weighted by molar-refractivity contribution is 0.0945. The van der Waals surface area contributed by atoms with Crippen LogP contribution in [0.4, 0.5) is 0 Å². The molecule has 1 saturated heterocycles. The highest BCUT2D eigenvalue weighted by atomic mass is 32.2. The molecule has 1 aromatic heterocycles. The van der Waals surface area contributed by atoms with Gasteiger partial charge in [0.15, 0.2) is 0 Å². The summed E-state index contributed by atoms with van der Waals surface area (Å²) in [5, 5.41) is 4.37. The molecule has 2 heterocycles. The zero-order chi connectivity index (χ0) is 15.2. The summed E-state index contributed by atoms with van der Waals surface area (Å²) in [6.07, 6.45) is 10.4. The minimum absolute atomic E-state index is 0.524. The lowest BCUT2D eigenvalue weighted by Gasteiger charge is -2.40. The van der Waals surface area contributed by atoms with Crippen LogP contribution < -0.4 is 0 Å². The van der Waals surface area contributed by atoms with Gasteiger partial charge >= 0.3 is 0 Å². The molecular formula is C16H30N4S. The monoisotopic (exact) mass is 310 g/mol. The quantitative estimate of drug-likeness (QED) is 0.722. The van der Waals surface area contributed by atoms with Crippen LogP contribution in [0.5, 0.6) is 0 Å². The van der Waals surface area contributed by atoms with Crippen LogP contribution in [0.1, 0.15) is 30.9 Å². The van der Waals surface area contributed by atoms with Gasteiger partial charge in [-0.25, -0.2) is 0 Å². The Morgan fingerprint density at radius 1 is 1.43 bits per heavy atom. The Morgan fingerprint density at radius 2 is 2.24 bits per heavy atom. The summed E-state index contributed by atoms with van der Waals surface area (Å²) in [7, 11) is 6.54. The normalized spacial score (nSPS) is 23.9. The van der Waals surface area contributed by atoms with Crippen molar-refractivity contribution in [2.24, 2.45) is 13.0 Å². The molecular weight excluding hydrogens is 280 g/mol. The van der Waals surface area contributed by atoms with E-state index in [1.54, 1.807) is 0 Å². The third-order valence-electron chi connectivity index (χ3n) is 4.51. The van der Waals surface area contributed by atoms with Gasteiger partial charge in [-0.2, -0.15) is 16.9 Å². The number of aromatic nitrogens is 2. The Bertz CT molecular complexity index is 420. The Hall–Kier alpha value is -0.520. The molecule has 2 atom stereocenters. The first kappa shape index (κ1) is 16.8. The molecule has 0 N–H and O–H groups in total. The molecule has 0 aromatic carbocycles. The molecule has 0 spiro atoms. The lowest BCUT2D eigenvalue weighted by Crippen LogP contribution is -2.41. The topological polar surface area (TPSA) is 24.3 Å². The number of hydrogen-bond donors (Lipinski definition) is 0. The van der Waals surface area contributed by atoms with Gasteiger partial charge in [0.05, 0.1) is 6.20 Å². The van der Waals surface area contributed by atoms with E-state index in [1.165, 1.54) is 50.2 Å². The summed E-state index contributed by atoms with van der Waals surface area (Å²) in [5.41, 5.74) is 1.38. The summed E-state index contributed by atoms with van der Waals surface area (Å²) >= 11 is 1.94. The van der Waals surface area contributed by atoms with E-state index in [4.69, 9.17) is 0 Å².